The summed E-state index contributed by atoms with van der Waals surface area (Å²) in [6.07, 6.45) is 6.21. The molecule has 0 atom stereocenters. The van der Waals surface area contributed by atoms with E-state index in [1.165, 1.54) is 19.5 Å². The number of aromatic nitrogens is 3. The molecule has 3 rings (SSSR count). The van der Waals surface area contributed by atoms with Gasteiger partial charge in [-0.05, 0) is 48.1 Å². The van der Waals surface area contributed by atoms with Crippen LogP contribution in [0.4, 0.5) is 20.3 Å². The highest BCUT2D eigenvalue weighted by Crippen LogP contribution is 2.31. The molecule has 7 nitrogen and oxygen atoms in total. The van der Waals surface area contributed by atoms with Crippen molar-refractivity contribution in [1.29, 1.82) is 0 Å². The van der Waals surface area contributed by atoms with E-state index >= 15 is 0 Å². The van der Waals surface area contributed by atoms with Crippen molar-refractivity contribution < 1.29 is 18.3 Å². The first-order valence-electron chi connectivity index (χ1n) is 10.0. The molecule has 0 aliphatic rings. The molecule has 0 spiro atoms. The Bertz CT molecular complexity index is 1100. The van der Waals surface area contributed by atoms with Crippen LogP contribution in [0.15, 0.2) is 36.8 Å². The fraction of sp³-hybridized carbons (Fsp3) is 0.318. The van der Waals surface area contributed by atoms with Gasteiger partial charge in [-0.25, -0.2) is 9.67 Å². The summed E-state index contributed by atoms with van der Waals surface area (Å²) in [7, 11) is 3.07. The largest absolute Gasteiger partial charge is 0.495 e. The Morgan fingerprint density at radius 1 is 1.22 bits per heavy atom. The van der Waals surface area contributed by atoms with Crippen LogP contribution in [0.2, 0.25) is 5.02 Å². The Balaban J connectivity index is 1.77. The number of ether oxygens (including phenoxy) is 1. The molecule has 0 fully saturated rings. The number of halogens is 3. The Kier molecular flexibility index (Phi) is 7.63. The predicted octanol–water partition coefficient (Wildman–Crippen LogP) is 4.79. The van der Waals surface area contributed by atoms with Crippen molar-refractivity contribution in [3.8, 4) is 5.75 Å². The number of nitrogens with one attached hydrogen (secondary N) is 2. The summed E-state index contributed by atoms with van der Waals surface area (Å²) in [6.45, 7) is -0.706. The summed E-state index contributed by atoms with van der Waals surface area (Å²) in [6, 6.07) is 5.38. The lowest BCUT2D eigenvalue weighted by molar-refractivity contribution is 0.0566. The number of amides is 1. The lowest BCUT2D eigenvalue weighted by Gasteiger charge is -2.13. The van der Waals surface area contributed by atoms with Gasteiger partial charge in [-0.1, -0.05) is 24.6 Å². The second-order valence-corrected chi connectivity index (χ2v) is 7.43. The molecular formula is C22H24ClF2N5O2. The van der Waals surface area contributed by atoms with Crippen molar-refractivity contribution in [2.75, 3.05) is 19.5 Å². The maximum Gasteiger partial charge on any atom is 0.333 e. The van der Waals surface area contributed by atoms with Gasteiger partial charge in [0.1, 0.15) is 11.6 Å². The molecule has 0 bridgehead atoms. The molecule has 0 aliphatic heterocycles. The number of hydrogen-bond donors (Lipinski definition) is 2. The van der Waals surface area contributed by atoms with Gasteiger partial charge >= 0.3 is 6.55 Å². The Labute approximate surface area is 189 Å². The van der Waals surface area contributed by atoms with E-state index in [0.29, 0.717) is 51.8 Å². The zero-order valence-electron chi connectivity index (χ0n) is 18.0. The number of carbonyl (C=O) groups is 1. The molecule has 0 unspecified atom stereocenters. The summed E-state index contributed by atoms with van der Waals surface area (Å²) < 4.78 is 31.3. The number of pyridine rings is 1. The Morgan fingerprint density at radius 2 is 2.00 bits per heavy atom. The lowest BCUT2D eigenvalue weighted by Crippen LogP contribution is -2.18. The average Bonchev–Trinajstić information content (AvgIpc) is 3.27. The van der Waals surface area contributed by atoms with E-state index in [0.717, 1.165) is 16.7 Å². The minimum absolute atomic E-state index is 0.221. The maximum absolute atomic E-state index is 12.7. The predicted molar refractivity (Wildman–Crippen MR) is 119 cm³/mol. The van der Waals surface area contributed by atoms with Crippen LogP contribution in [0, 0.1) is 0 Å². The van der Waals surface area contributed by atoms with Crippen LogP contribution in [-0.2, 0) is 19.3 Å². The van der Waals surface area contributed by atoms with Gasteiger partial charge in [0.05, 0.1) is 30.2 Å². The van der Waals surface area contributed by atoms with Crippen molar-refractivity contribution in [2.24, 2.45) is 0 Å². The molecule has 0 saturated carbocycles. The second-order valence-electron chi connectivity index (χ2n) is 7.05. The van der Waals surface area contributed by atoms with Crippen LogP contribution in [0.25, 0.3) is 0 Å². The van der Waals surface area contributed by atoms with Gasteiger partial charge in [0.15, 0.2) is 0 Å². The van der Waals surface area contributed by atoms with Crippen LogP contribution in [0.1, 0.15) is 40.5 Å². The quantitative estimate of drug-likeness (QED) is 0.477. The molecule has 0 aliphatic carbocycles. The number of nitrogens with zero attached hydrogens (tertiary/aromatic N) is 3. The average molecular weight is 464 g/mol. The van der Waals surface area contributed by atoms with Gasteiger partial charge in [-0.3, -0.25) is 4.79 Å². The molecule has 1 aromatic carbocycles. The highest BCUT2D eigenvalue weighted by molar-refractivity contribution is 6.33. The van der Waals surface area contributed by atoms with Crippen LogP contribution in [0.3, 0.4) is 0 Å². The summed E-state index contributed by atoms with van der Waals surface area (Å²) in [4.78, 5) is 16.5. The van der Waals surface area contributed by atoms with Crippen molar-refractivity contribution in [3.63, 3.8) is 0 Å². The molecule has 2 aromatic heterocycles. The molecule has 170 valence electrons. The standard InChI is InChI=1S/C22H24ClF2N5O2/c1-4-14-7-13(10-27-20(14)29-17-11-28-30(12-17)22(24)25)5-6-15-8-16(21(31)26-2)9-18(32-3)19(15)23/h7-12,22H,4-6H2,1-3H3,(H,26,31)(H,27,29). The van der Waals surface area contributed by atoms with E-state index in [2.05, 4.69) is 20.7 Å². The number of rotatable bonds is 9. The second kappa shape index (κ2) is 10.4. The van der Waals surface area contributed by atoms with Crippen molar-refractivity contribution in [2.45, 2.75) is 32.7 Å². The number of alkyl halides is 2. The zero-order chi connectivity index (χ0) is 23.3. The van der Waals surface area contributed by atoms with E-state index in [1.807, 2.05) is 13.0 Å². The van der Waals surface area contributed by atoms with Crippen LogP contribution in [-0.4, -0.2) is 34.8 Å². The number of hydrogen-bond acceptors (Lipinski definition) is 5. The molecule has 0 saturated heterocycles. The van der Waals surface area contributed by atoms with Crippen LogP contribution >= 0.6 is 11.6 Å². The van der Waals surface area contributed by atoms with Crippen molar-refractivity contribution in [3.05, 3.63) is 64.1 Å². The number of aryl methyl sites for hydroxylation is 3. The molecule has 2 heterocycles. The number of benzene rings is 1. The topological polar surface area (TPSA) is 81.1 Å². The van der Waals surface area contributed by atoms with Crippen molar-refractivity contribution >= 4 is 29.0 Å². The Hall–Kier alpha value is -3.20. The van der Waals surface area contributed by atoms with E-state index in [4.69, 9.17) is 16.3 Å². The monoisotopic (exact) mass is 463 g/mol. The third kappa shape index (κ3) is 5.34. The first-order chi connectivity index (χ1) is 15.4. The van der Waals surface area contributed by atoms with Gasteiger partial charge in [-0.2, -0.15) is 13.9 Å². The molecule has 2 N–H and O–H groups in total. The fourth-order valence-corrected chi connectivity index (χ4v) is 3.55. The van der Waals surface area contributed by atoms with E-state index in [-0.39, 0.29) is 5.91 Å². The molecule has 1 amide bonds. The van der Waals surface area contributed by atoms with Gasteiger partial charge in [0, 0.05) is 18.8 Å². The first-order valence-corrected chi connectivity index (χ1v) is 10.4. The lowest BCUT2D eigenvalue weighted by atomic mass is 10.0. The van der Waals surface area contributed by atoms with Crippen molar-refractivity contribution in [1.82, 2.24) is 20.1 Å². The van der Waals surface area contributed by atoms with Crippen LogP contribution < -0.4 is 15.4 Å². The molecule has 32 heavy (non-hydrogen) atoms. The first kappa shape index (κ1) is 23.5. The highest BCUT2D eigenvalue weighted by atomic mass is 35.5. The minimum atomic E-state index is -2.70. The summed E-state index contributed by atoms with van der Waals surface area (Å²) in [5.41, 5.74) is 3.63. The molecule has 0 radical (unpaired) electrons. The SMILES string of the molecule is CCc1cc(CCc2cc(C(=O)NC)cc(OC)c2Cl)cnc1Nc1cnn(C(F)F)c1. The number of methoxy groups -OCH3 is 1. The fourth-order valence-electron chi connectivity index (χ4n) is 3.27. The zero-order valence-corrected chi connectivity index (χ0v) is 18.7. The molecule has 3 aromatic rings. The third-order valence-corrected chi connectivity index (χ3v) is 5.40. The van der Waals surface area contributed by atoms with E-state index in [1.54, 1.807) is 25.4 Å². The summed E-state index contributed by atoms with van der Waals surface area (Å²) >= 11 is 6.45. The summed E-state index contributed by atoms with van der Waals surface area (Å²) in [5, 5.41) is 9.73. The maximum atomic E-state index is 12.7. The molecular weight excluding hydrogens is 440 g/mol. The molecule has 10 heteroatoms. The van der Waals surface area contributed by atoms with Gasteiger partial charge in [0.25, 0.3) is 5.91 Å². The number of carbonyl (C=O) groups excluding carboxylic acids is 1. The third-order valence-electron chi connectivity index (χ3n) is 4.98. The van der Waals surface area contributed by atoms with Gasteiger partial charge < -0.3 is 15.4 Å². The number of anilines is 2. The Morgan fingerprint density at radius 3 is 2.62 bits per heavy atom. The van der Waals surface area contributed by atoms with E-state index < -0.39 is 6.55 Å². The summed E-state index contributed by atoms with van der Waals surface area (Å²) in [5.74, 6) is 0.812. The smallest absolute Gasteiger partial charge is 0.333 e. The van der Waals surface area contributed by atoms with Crippen LogP contribution in [0.5, 0.6) is 5.75 Å². The minimum Gasteiger partial charge on any atom is -0.495 e. The normalized spacial score (nSPS) is 11.0. The van der Waals surface area contributed by atoms with E-state index in [9.17, 15) is 13.6 Å². The van der Waals surface area contributed by atoms with Gasteiger partial charge in [-0.15, -0.1) is 0 Å². The highest BCUT2D eigenvalue weighted by Gasteiger charge is 2.15. The van der Waals surface area contributed by atoms with Gasteiger partial charge in [0.2, 0.25) is 0 Å².